The SMILES string of the molecule is CC(=O)OC1O[C@@H](n2cnc3c(N)ncnc32)[C@](C)(OC(=O)c2ccccc2)[C@@H]1OC(=O)c1ccccc1. The van der Waals surface area contributed by atoms with Gasteiger partial charge in [-0.15, -0.1) is 0 Å². The number of rotatable bonds is 6. The fraction of sp³-hybridized carbons (Fsp3) is 0.231. The van der Waals surface area contributed by atoms with E-state index in [0.29, 0.717) is 0 Å². The highest BCUT2D eigenvalue weighted by molar-refractivity contribution is 5.90. The Labute approximate surface area is 216 Å². The number of benzene rings is 2. The van der Waals surface area contributed by atoms with Crippen LogP contribution < -0.4 is 5.73 Å². The van der Waals surface area contributed by atoms with Gasteiger partial charge in [-0.1, -0.05) is 36.4 Å². The van der Waals surface area contributed by atoms with Crippen LogP contribution in [0.5, 0.6) is 0 Å². The van der Waals surface area contributed by atoms with E-state index < -0.39 is 42.1 Å². The molecule has 2 aromatic heterocycles. The van der Waals surface area contributed by atoms with Gasteiger partial charge in [0.1, 0.15) is 11.8 Å². The number of nitrogen functional groups attached to an aromatic ring is 1. The number of nitrogens with zero attached hydrogens (tertiary/aromatic N) is 4. The van der Waals surface area contributed by atoms with E-state index in [1.54, 1.807) is 60.7 Å². The standard InChI is InChI=1S/C26H23N5O7/c1-15(32)35-24-19(36-22(33)16-9-5-3-6-10-16)26(2,38-23(34)17-11-7-4-8-12-17)25(37-24)31-14-30-18-20(27)28-13-29-21(18)31/h3-14,19,24-25H,1-2H3,(H2,27,28,29)/t19-,24?,25-,26-/m1/s1. The number of ether oxygens (including phenoxy) is 4. The van der Waals surface area contributed by atoms with Crippen LogP contribution in [-0.4, -0.2) is 55.4 Å². The summed E-state index contributed by atoms with van der Waals surface area (Å²) in [6.45, 7) is 2.70. The van der Waals surface area contributed by atoms with Crippen LogP contribution in [0.25, 0.3) is 11.2 Å². The molecule has 4 aromatic rings. The van der Waals surface area contributed by atoms with Crippen molar-refractivity contribution < 1.29 is 33.3 Å². The highest BCUT2D eigenvalue weighted by Gasteiger charge is 2.62. The Balaban J connectivity index is 1.61. The first kappa shape index (κ1) is 24.8. The monoisotopic (exact) mass is 517 g/mol. The lowest BCUT2D eigenvalue weighted by Gasteiger charge is -2.34. The van der Waals surface area contributed by atoms with Gasteiger partial charge in [-0.2, -0.15) is 0 Å². The van der Waals surface area contributed by atoms with Gasteiger partial charge in [-0.05, 0) is 31.2 Å². The molecule has 0 bridgehead atoms. The number of hydrogen-bond donors (Lipinski definition) is 1. The Morgan fingerprint density at radius 1 is 0.921 bits per heavy atom. The molecule has 1 aliphatic heterocycles. The summed E-state index contributed by atoms with van der Waals surface area (Å²) in [6, 6.07) is 16.5. The third kappa shape index (κ3) is 4.52. The van der Waals surface area contributed by atoms with Crippen molar-refractivity contribution in [2.45, 2.75) is 38.1 Å². The summed E-state index contributed by atoms with van der Waals surface area (Å²) in [4.78, 5) is 50.8. The van der Waals surface area contributed by atoms with Crippen LogP contribution in [-0.2, 0) is 23.7 Å². The maximum absolute atomic E-state index is 13.3. The third-order valence-corrected chi connectivity index (χ3v) is 6.05. The van der Waals surface area contributed by atoms with Crippen molar-refractivity contribution in [2.75, 3.05) is 5.73 Å². The highest BCUT2D eigenvalue weighted by Crippen LogP contribution is 2.45. The Morgan fingerprint density at radius 3 is 2.18 bits per heavy atom. The van der Waals surface area contributed by atoms with Gasteiger partial charge < -0.3 is 24.7 Å². The largest absolute Gasteiger partial charge is 0.448 e. The van der Waals surface area contributed by atoms with Crippen LogP contribution in [0.15, 0.2) is 73.3 Å². The summed E-state index contributed by atoms with van der Waals surface area (Å²) in [5.41, 5.74) is 5.25. The average Bonchev–Trinajstić information content (AvgIpc) is 3.45. The van der Waals surface area contributed by atoms with Crippen LogP contribution in [0, 0.1) is 0 Å². The molecule has 0 saturated carbocycles. The molecule has 4 atom stereocenters. The van der Waals surface area contributed by atoms with Gasteiger partial charge in [0.15, 0.2) is 23.3 Å². The van der Waals surface area contributed by atoms with Crippen molar-refractivity contribution in [3.63, 3.8) is 0 Å². The minimum atomic E-state index is -1.73. The molecule has 12 heteroatoms. The lowest BCUT2D eigenvalue weighted by Crippen LogP contribution is -2.50. The Hall–Kier alpha value is -4.84. The van der Waals surface area contributed by atoms with Gasteiger partial charge >= 0.3 is 17.9 Å². The number of anilines is 1. The van der Waals surface area contributed by atoms with E-state index in [-0.39, 0.29) is 28.1 Å². The second-order valence-electron chi connectivity index (χ2n) is 8.68. The molecule has 38 heavy (non-hydrogen) atoms. The molecular formula is C26H23N5O7. The first-order valence-corrected chi connectivity index (χ1v) is 11.6. The minimum Gasteiger partial charge on any atom is -0.448 e. The first-order chi connectivity index (χ1) is 18.3. The summed E-state index contributed by atoms with van der Waals surface area (Å²) in [6.07, 6.45) is -1.40. The molecule has 0 spiro atoms. The zero-order chi connectivity index (χ0) is 26.9. The predicted octanol–water partition coefficient (Wildman–Crippen LogP) is 2.67. The van der Waals surface area contributed by atoms with Gasteiger partial charge in [0.2, 0.25) is 12.4 Å². The summed E-state index contributed by atoms with van der Waals surface area (Å²) < 4.78 is 24.8. The molecule has 1 unspecified atom stereocenters. The van der Waals surface area contributed by atoms with Crippen molar-refractivity contribution >= 4 is 34.9 Å². The maximum atomic E-state index is 13.3. The fourth-order valence-corrected chi connectivity index (χ4v) is 4.25. The van der Waals surface area contributed by atoms with E-state index >= 15 is 0 Å². The molecule has 2 aromatic carbocycles. The van der Waals surface area contributed by atoms with Gasteiger partial charge in [0.25, 0.3) is 0 Å². The van der Waals surface area contributed by atoms with E-state index in [0.717, 1.165) is 0 Å². The molecule has 194 valence electrons. The molecule has 1 saturated heterocycles. The number of nitrogens with two attached hydrogens (primary N) is 1. The number of carbonyl (C=O) groups excluding carboxylic acids is 3. The zero-order valence-corrected chi connectivity index (χ0v) is 20.4. The normalized spacial score (nSPS) is 22.6. The van der Waals surface area contributed by atoms with Crippen LogP contribution in [0.3, 0.4) is 0 Å². The van der Waals surface area contributed by atoms with E-state index in [4.69, 9.17) is 24.7 Å². The number of hydrogen-bond acceptors (Lipinski definition) is 11. The van der Waals surface area contributed by atoms with Crippen molar-refractivity contribution in [1.82, 2.24) is 19.5 Å². The summed E-state index contributed by atoms with van der Waals surface area (Å²) in [5, 5.41) is 0. The Bertz CT molecular complexity index is 1490. The third-order valence-electron chi connectivity index (χ3n) is 6.05. The van der Waals surface area contributed by atoms with Crippen molar-refractivity contribution in [3.8, 4) is 0 Å². The van der Waals surface area contributed by atoms with Gasteiger partial charge in [0.05, 0.1) is 17.5 Å². The van der Waals surface area contributed by atoms with Crippen molar-refractivity contribution in [3.05, 3.63) is 84.4 Å². The van der Waals surface area contributed by atoms with E-state index in [2.05, 4.69) is 15.0 Å². The lowest BCUT2D eigenvalue weighted by atomic mass is 9.97. The van der Waals surface area contributed by atoms with E-state index in [1.807, 2.05) is 0 Å². The molecule has 0 radical (unpaired) electrons. The average molecular weight is 517 g/mol. The van der Waals surface area contributed by atoms with Crippen molar-refractivity contribution in [2.24, 2.45) is 0 Å². The highest BCUT2D eigenvalue weighted by atomic mass is 16.8. The summed E-state index contributed by atoms with van der Waals surface area (Å²) in [7, 11) is 0. The van der Waals surface area contributed by atoms with Crippen LogP contribution >= 0.6 is 0 Å². The Kier molecular flexibility index (Phi) is 6.47. The number of aromatic nitrogens is 4. The lowest BCUT2D eigenvalue weighted by molar-refractivity contribution is -0.191. The predicted molar refractivity (Wildman–Crippen MR) is 131 cm³/mol. The van der Waals surface area contributed by atoms with E-state index in [9.17, 15) is 14.4 Å². The summed E-state index contributed by atoms with van der Waals surface area (Å²) >= 11 is 0. The second-order valence-corrected chi connectivity index (χ2v) is 8.68. The molecule has 0 aliphatic carbocycles. The quantitative estimate of drug-likeness (QED) is 0.296. The topological polar surface area (TPSA) is 158 Å². The molecule has 1 fully saturated rings. The fourth-order valence-electron chi connectivity index (χ4n) is 4.25. The second kappa shape index (κ2) is 9.90. The molecule has 1 aliphatic rings. The first-order valence-electron chi connectivity index (χ1n) is 11.6. The molecule has 2 N–H and O–H groups in total. The molecule has 12 nitrogen and oxygen atoms in total. The minimum absolute atomic E-state index is 0.123. The number of fused-ring (bicyclic) bond motifs is 1. The maximum Gasteiger partial charge on any atom is 0.338 e. The molecular weight excluding hydrogens is 494 g/mol. The Morgan fingerprint density at radius 2 is 1.55 bits per heavy atom. The zero-order valence-electron chi connectivity index (χ0n) is 20.4. The number of imidazole rings is 1. The van der Waals surface area contributed by atoms with Gasteiger partial charge in [-0.3, -0.25) is 9.36 Å². The number of esters is 3. The van der Waals surface area contributed by atoms with E-state index in [1.165, 1.54) is 31.1 Å². The molecule has 5 rings (SSSR count). The van der Waals surface area contributed by atoms with Crippen molar-refractivity contribution in [1.29, 1.82) is 0 Å². The molecule has 0 amide bonds. The van der Waals surface area contributed by atoms with Crippen LogP contribution in [0.4, 0.5) is 5.82 Å². The van der Waals surface area contributed by atoms with Gasteiger partial charge in [-0.25, -0.2) is 24.5 Å². The smallest absolute Gasteiger partial charge is 0.338 e. The molecule has 3 heterocycles. The van der Waals surface area contributed by atoms with Crippen LogP contribution in [0.2, 0.25) is 0 Å². The van der Waals surface area contributed by atoms with Crippen LogP contribution in [0.1, 0.15) is 40.8 Å². The summed E-state index contributed by atoms with van der Waals surface area (Å²) in [5.74, 6) is -2.03. The number of carbonyl (C=O) groups is 3. The van der Waals surface area contributed by atoms with Gasteiger partial charge in [0, 0.05) is 6.92 Å².